The molecule has 93 valence electrons. The minimum absolute atomic E-state index is 0.229. The van der Waals surface area contributed by atoms with Crippen LogP contribution in [0.2, 0.25) is 0 Å². The van der Waals surface area contributed by atoms with Gasteiger partial charge >= 0.3 is 6.18 Å². The van der Waals surface area contributed by atoms with Crippen LogP contribution in [-0.4, -0.2) is 16.6 Å². The largest absolute Gasteiger partial charge is 0.416 e. The predicted octanol–water partition coefficient (Wildman–Crippen LogP) is 2.52. The van der Waals surface area contributed by atoms with E-state index < -0.39 is 34.9 Å². The number of nitro benzene ring substituents is 1. The first kappa shape index (κ1) is 13.4. The number of rotatable bonds is 3. The molecule has 17 heavy (non-hydrogen) atoms. The third kappa shape index (κ3) is 2.94. The van der Waals surface area contributed by atoms with Gasteiger partial charge in [-0.1, -0.05) is 0 Å². The van der Waals surface area contributed by atoms with E-state index in [-0.39, 0.29) is 5.56 Å². The van der Waals surface area contributed by atoms with Crippen molar-refractivity contribution in [1.82, 2.24) is 0 Å². The molecule has 1 unspecified atom stereocenters. The summed E-state index contributed by atoms with van der Waals surface area (Å²) in [6.07, 6.45) is -4.58. The first-order valence-corrected chi connectivity index (χ1v) is 4.57. The number of alkyl halides is 3. The minimum atomic E-state index is -4.58. The zero-order valence-electron chi connectivity index (χ0n) is 8.57. The summed E-state index contributed by atoms with van der Waals surface area (Å²) in [6, 6.07) is 2.05. The van der Waals surface area contributed by atoms with Crippen molar-refractivity contribution in [3.63, 3.8) is 0 Å². The smallest absolute Gasteiger partial charge is 0.396 e. The van der Waals surface area contributed by atoms with Crippen molar-refractivity contribution in [3.8, 4) is 0 Å². The Morgan fingerprint density at radius 1 is 1.47 bits per heavy atom. The van der Waals surface area contributed by atoms with Crippen LogP contribution in [0.5, 0.6) is 0 Å². The van der Waals surface area contributed by atoms with Crippen LogP contribution in [0.4, 0.5) is 18.9 Å². The second-order valence-electron chi connectivity index (χ2n) is 3.41. The second kappa shape index (κ2) is 4.70. The van der Waals surface area contributed by atoms with Crippen molar-refractivity contribution in [1.29, 1.82) is 0 Å². The normalized spacial score (nSPS) is 13.5. The van der Waals surface area contributed by atoms with Crippen LogP contribution in [0.25, 0.3) is 0 Å². The molecule has 1 aromatic carbocycles. The van der Waals surface area contributed by atoms with Crippen LogP contribution in [0.15, 0.2) is 18.2 Å². The van der Waals surface area contributed by atoms with Gasteiger partial charge in [-0.2, -0.15) is 13.2 Å². The van der Waals surface area contributed by atoms with Crippen molar-refractivity contribution >= 4 is 5.69 Å². The number of hydrogen-bond acceptors (Lipinski definition) is 3. The van der Waals surface area contributed by atoms with Gasteiger partial charge in [0.1, 0.15) is 0 Å². The molecule has 1 N–H and O–H groups in total. The predicted molar refractivity (Wildman–Crippen MR) is 53.3 cm³/mol. The van der Waals surface area contributed by atoms with E-state index >= 15 is 0 Å². The molecule has 0 aliphatic carbocycles. The number of aliphatic hydroxyl groups is 1. The summed E-state index contributed by atoms with van der Waals surface area (Å²) in [7, 11) is 0. The molecule has 0 saturated carbocycles. The lowest BCUT2D eigenvalue weighted by molar-refractivity contribution is -0.385. The molecule has 0 fully saturated rings. The van der Waals surface area contributed by atoms with Gasteiger partial charge < -0.3 is 5.11 Å². The summed E-state index contributed by atoms with van der Waals surface area (Å²) in [5, 5.41) is 19.4. The van der Waals surface area contributed by atoms with Gasteiger partial charge in [0.2, 0.25) is 0 Å². The fourth-order valence-electron chi connectivity index (χ4n) is 1.32. The average molecular weight is 248 g/mol. The summed E-state index contributed by atoms with van der Waals surface area (Å²) < 4.78 is 37.2. The molecule has 4 nitrogen and oxygen atoms in total. The number of hydrogen-bond donors (Lipinski definition) is 1. The highest BCUT2D eigenvalue weighted by molar-refractivity contribution is 5.46. The summed E-state index contributed by atoms with van der Waals surface area (Å²) in [5.74, 6) is -0.974. The topological polar surface area (TPSA) is 63.4 Å². The molecule has 0 spiro atoms. The highest BCUT2D eigenvalue weighted by Gasteiger charge is 2.33. The number of nitrogens with zero attached hydrogens (tertiary/aromatic N) is 1. The summed E-state index contributed by atoms with van der Waals surface area (Å²) in [6.45, 7) is 2.80. The molecular formula is C10H9F3NO3. The Labute approximate surface area is 94.8 Å². The van der Waals surface area contributed by atoms with E-state index in [1.807, 2.05) is 0 Å². The standard InChI is InChI=1S/C10H9F3NO3/c1-6(5-15)8-4-7(10(11,12)13)2-3-9(8)14(16)17/h2-4,6,15H,1,5H2. The molecular weight excluding hydrogens is 239 g/mol. The fourth-order valence-corrected chi connectivity index (χ4v) is 1.32. The summed E-state index contributed by atoms with van der Waals surface area (Å²) in [4.78, 5) is 9.82. The van der Waals surface area contributed by atoms with E-state index in [1.54, 1.807) is 0 Å². The van der Waals surface area contributed by atoms with Crippen molar-refractivity contribution < 1.29 is 23.2 Å². The maximum atomic E-state index is 12.4. The van der Waals surface area contributed by atoms with Gasteiger partial charge in [0, 0.05) is 17.5 Å². The SMILES string of the molecule is [CH2]C(CO)c1cc(C(F)(F)F)ccc1[N+](=O)[O-]. The first-order chi connectivity index (χ1) is 7.77. The molecule has 0 amide bonds. The average Bonchev–Trinajstić information content (AvgIpc) is 2.25. The van der Waals surface area contributed by atoms with E-state index in [2.05, 4.69) is 6.92 Å². The molecule has 1 aromatic rings. The molecule has 0 bridgehead atoms. The van der Waals surface area contributed by atoms with Crippen LogP contribution < -0.4 is 0 Å². The van der Waals surface area contributed by atoms with Gasteiger partial charge in [-0.05, 0) is 19.1 Å². The molecule has 0 saturated heterocycles. The molecule has 0 aliphatic rings. The Morgan fingerprint density at radius 2 is 2.06 bits per heavy atom. The molecule has 0 aromatic heterocycles. The van der Waals surface area contributed by atoms with Crippen molar-refractivity contribution in [3.05, 3.63) is 46.4 Å². The maximum Gasteiger partial charge on any atom is 0.416 e. The Balaban J connectivity index is 3.34. The van der Waals surface area contributed by atoms with Crippen molar-refractivity contribution in [2.24, 2.45) is 0 Å². The van der Waals surface area contributed by atoms with Crippen LogP contribution >= 0.6 is 0 Å². The maximum absolute atomic E-state index is 12.4. The lowest BCUT2D eigenvalue weighted by Gasteiger charge is -2.12. The number of benzene rings is 1. The van der Waals surface area contributed by atoms with Gasteiger partial charge in [0.15, 0.2) is 0 Å². The van der Waals surface area contributed by atoms with Crippen LogP contribution in [0.1, 0.15) is 17.0 Å². The quantitative estimate of drug-likeness (QED) is 0.660. The van der Waals surface area contributed by atoms with Gasteiger partial charge in [0.05, 0.1) is 17.1 Å². The van der Waals surface area contributed by atoms with E-state index in [9.17, 15) is 23.3 Å². The fraction of sp³-hybridized carbons (Fsp3) is 0.300. The number of nitro groups is 1. The molecule has 0 heterocycles. The van der Waals surface area contributed by atoms with E-state index in [0.717, 1.165) is 6.07 Å². The highest BCUT2D eigenvalue weighted by atomic mass is 19.4. The number of halogens is 3. The molecule has 1 radical (unpaired) electrons. The highest BCUT2D eigenvalue weighted by Crippen LogP contribution is 2.34. The number of aliphatic hydroxyl groups excluding tert-OH is 1. The van der Waals surface area contributed by atoms with Gasteiger partial charge in [0.25, 0.3) is 5.69 Å². The zero-order valence-corrected chi connectivity index (χ0v) is 8.57. The molecule has 1 rings (SSSR count). The molecule has 0 aliphatic heterocycles. The molecule has 7 heteroatoms. The third-order valence-corrected chi connectivity index (χ3v) is 2.21. The van der Waals surface area contributed by atoms with Gasteiger partial charge in [-0.3, -0.25) is 10.1 Å². The van der Waals surface area contributed by atoms with Gasteiger partial charge in [-0.25, -0.2) is 0 Å². The zero-order chi connectivity index (χ0) is 13.2. The van der Waals surface area contributed by atoms with Crippen LogP contribution in [0.3, 0.4) is 0 Å². The lowest BCUT2D eigenvalue weighted by Crippen LogP contribution is -2.09. The van der Waals surface area contributed by atoms with Crippen LogP contribution in [-0.2, 0) is 6.18 Å². The van der Waals surface area contributed by atoms with E-state index in [0.29, 0.717) is 12.1 Å². The van der Waals surface area contributed by atoms with Gasteiger partial charge in [-0.15, -0.1) is 0 Å². The van der Waals surface area contributed by atoms with E-state index in [1.165, 1.54) is 0 Å². The monoisotopic (exact) mass is 248 g/mol. The minimum Gasteiger partial charge on any atom is -0.396 e. The first-order valence-electron chi connectivity index (χ1n) is 4.57. The Hall–Kier alpha value is -1.63. The van der Waals surface area contributed by atoms with Crippen molar-refractivity contribution in [2.45, 2.75) is 12.1 Å². The summed E-state index contributed by atoms with van der Waals surface area (Å²) >= 11 is 0. The Morgan fingerprint density at radius 3 is 2.47 bits per heavy atom. The van der Waals surface area contributed by atoms with E-state index in [4.69, 9.17) is 5.11 Å². The third-order valence-electron chi connectivity index (χ3n) is 2.21. The van der Waals surface area contributed by atoms with Crippen LogP contribution in [0, 0.1) is 17.0 Å². The molecule has 1 atom stereocenters. The summed E-state index contributed by atoms with van der Waals surface area (Å²) in [5.41, 5.74) is -1.71. The second-order valence-corrected chi connectivity index (χ2v) is 3.41. The van der Waals surface area contributed by atoms with Crippen molar-refractivity contribution in [2.75, 3.05) is 6.61 Å². The lowest BCUT2D eigenvalue weighted by atomic mass is 9.97. The Bertz CT molecular complexity index is 431. The Kier molecular flexibility index (Phi) is 3.72.